The number of fused-ring (bicyclic) bond motifs is 1. The summed E-state index contributed by atoms with van der Waals surface area (Å²) in [4.78, 5) is 43.2. The molecule has 9 nitrogen and oxygen atoms in total. The minimum atomic E-state index is -0.764. The number of halogens is 2. The van der Waals surface area contributed by atoms with Gasteiger partial charge >= 0.3 is 11.7 Å². The zero-order valence-corrected chi connectivity index (χ0v) is 24.5. The van der Waals surface area contributed by atoms with Crippen molar-refractivity contribution >= 4 is 33.3 Å². The van der Waals surface area contributed by atoms with Crippen molar-refractivity contribution in [1.82, 2.24) is 19.4 Å². The molecular formula is C30H33F2N5O4S. The molecule has 2 N–H and O–H groups in total. The quantitative estimate of drug-likeness (QED) is 0.305. The number of amides is 2. The smallest absolute Gasteiger partial charge is 0.332 e. The third-order valence-corrected chi connectivity index (χ3v) is 8.56. The molecule has 222 valence electrons. The number of thiophene rings is 1. The Morgan fingerprint density at radius 3 is 2.33 bits per heavy atom. The Balaban J connectivity index is 1.74. The van der Waals surface area contributed by atoms with Crippen LogP contribution in [-0.4, -0.2) is 53.9 Å². The van der Waals surface area contributed by atoms with Gasteiger partial charge in [-0.1, -0.05) is 18.2 Å². The fourth-order valence-electron chi connectivity index (χ4n) is 5.27. The van der Waals surface area contributed by atoms with Crippen LogP contribution < -0.4 is 21.9 Å². The van der Waals surface area contributed by atoms with Gasteiger partial charge in [0.05, 0.1) is 11.9 Å². The summed E-state index contributed by atoms with van der Waals surface area (Å²) in [6.07, 6.45) is 0.962. The van der Waals surface area contributed by atoms with Crippen molar-refractivity contribution in [3.05, 3.63) is 86.1 Å². The highest BCUT2D eigenvalue weighted by Crippen LogP contribution is 2.38. The number of ether oxygens (including phenoxy) is 1. The predicted molar refractivity (Wildman–Crippen MR) is 160 cm³/mol. The lowest BCUT2D eigenvalue weighted by atomic mass is 10.1. The Morgan fingerprint density at radius 1 is 1.05 bits per heavy atom. The Morgan fingerprint density at radius 2 is 1.71 bits per heavy atom. The number of hydrogen-bond acceptors (Lipinski definition) is 6. The van der Waals surface area contributed by atoms with Gasteiger partial charge in [-0.05, 0) is 69.3 Å². The monoisotopic (exact) mass is 597 g/mol. The summed E-state index contributed by atoms with van der Waals surface area (Å²) in [6, 6.07) is 10.1. The van der Waals surface area contributed by atoms with Crippen molar-refractivity contribution < 1.29 is 18.3 Å². The van der Waals surface area contributed by atoms with Crippen molar-refractivity contribution in [3.8, 4) is 10.4 Å². The molecule has 2 aromatic carbocycles. The van der Waals surface area contributed by atoms with E-state index in [1.54, 1.807) is 12.1 Å². The number of benzene rings is 2. The van der Waals surface area contributed by atoms with Gasteiger partial charge in [0.2, 0.25) is 0 Å². The van der Waals surface area contributed by atoms with Crippen LogP contribution >= 0.6 is 11.3 Å². The molecule has 12 heteroatoms. The molecule has 1 fully saturated rings. The van der Waals surface area contributed by atoms with Crippen LogP contribution in [-0.2, 0) is 17.8 Å². The van der Waals surface area contributed by atoms with E-state index in [4.69, 9.17) is 4.74 Å². The minimum absolute atomic E-state index is 0.247. The summed E-state index contributed by atoms with van der Waals surface area (Å²) in [5.74, 6) is -1.53. The van der Waals surface area contributed by atoms with Gasteiger partial charge in [-0.2, -0.15) is 0 Å². The molecule has 1 aliphatic rings. The Hall–Kier alpha value is -3.87. The highest BCUT2D eigenvalue weighted by atomic mass is 32.1. The Kier molecular flexibility index (Phi) is 8.85. The van der Waals surface area contributed by atoms with Crippen LogP contribution in [0, 0.1) is 11.6 Å². The van der Waals surface area contributed by atoms with Crippen molar-refractivity contribution in [2.75, 3.05) is 39.2 Å². The molecule has 1 aliphatic heterocycles. The first kappa shape index (κ1) is 29.6. The first-order chi connectivity index (χ1) is 20.2. The number of nitrogens with one attached hydrogen (secondary N) is 2. The number of hydrogen-bond donors (Lipinski definition) is 2. The topological polar surface area (TPSA) is 97.6 Å². The predicted octanol–water partition coefficient (Wildman–Crippen LogP) is 4.77. The third kappa shape index (κ3) is 5.87. The third-order valence-electron chi connectivity index (χ3n) is 7.25. The van der Waals surface area contributed by atoms with Gasteiger partial charge in [-0.3, -0.25) is 13.9 Å². The van der Waals surface area contributed by atoms with Gasteiger partial charge in [-0.25, -0.2) is 18.4 Å². The molecule has 1 saturated heterocycles. The summed E-state index contributed by atoms with van der Waals surface area (Å²) in [5, 5.41) is 5.81. The molecule has 3 heterocycles. The maximum atomic E-state index is 14.8. The molecule has 2 aromatic heterocycles. The van der Waals surface area contributed by atoms with Crippen LogP contribution in [0.15, 0.2) is 52.1 Å². The number of rotatable bonds is 8. The Labute approximate surface area is 245 Å². The van der Waals surface area contributed by atoms with Crippen LogP contribution in [0.1, 0.15) is 36.9 Å². The summed E-state index contributed by atoms with van der Waals surface area (Å²) >= 11 is 1.24. The molecule has 42 heavy (non-hydrogen) atoms. The van der Waals surface area contributed by atoms with Crippen LogP contribution in [0.5, 0.6) is 0 Å². The summed E-state index contributed by atoms with van der Waals surface area (Å²) < 4.78 is 37.7. The zero-order valence-electron chi connectivity index (χ0n) is 23.7. The maximum Gasteiger partial charge on any atom is 0.332 e. The van der Waals surface area contributed by atoms with Gasteiger partial charge in [0.1, 0.15) is 16.5 Å². The van der Waals surface area contributed by atoms with E-state index >= 15 is 0 Å². The summed E-state index contributed by atoms with van der Waals surface area (Å²) in [5.41, 5.74) is 0.825. The molecule has 5 rings (SSSR count). The van der Waals surface area contributed by atoms with E-state index < -0.39 is 28.9 Å². The van der Waals surface area contributed by atoms with Gasteiger partial charge in [0.25, 0.3) is 5.56 Å². The highest BCUT2D eigenvalue weighted by molar-refractivity contribution is 7.22. The van der Waals surface area contributed by atoms with Gasteiger partial charge in [0, 0.05) is 48.5 Å². The van der Waals surface area contributed by atoms with E-state index in [0.717, 1.165) is 28.1 Å². The second kappa shape index (κ2) is 12.6. The van der Waals surface area contributed by atoms with Crippen LogP contribution in [0.3, 0.4) is 0 Å². The molecule has 0 bridgehead atoms. The summed E-state index contributed by atoms with van der Waals surface area (Å²) in [6.45, 7) is 3.16. The van der Waals surface area contributed by atoms with Crippen molar-refractivity contribution in [2.24, 2.45) is 0 Å². The normalized spacial score (nSPS) is 14.0. The van der Waals surface area contributed by atoms with Crippen molar-refractivity contribution in [2.45, 2.75) is 38.9 Å². The number of anilines is 1. The fraction of sp³-hybridized carbons (Fsp3) is 0.367. The van der Waals surface area contributed by atoms with E-state index in [1.807, 2.05) is 38.1 Å². The average molecular weight is 598 g/mol. The lowest BCUT2D eigenvalue weighted by Crippen LogP contribution is -2.44. The lowest BCUT2D eigenvalue weighted by Gasteiger charge is -2.25. The first-order valence-electron chi connectivity index (χ1n) is 13.8. The Bertz CT molecular complexity index is 1700. The van der Waals surface area contributed by atoms with Crippen molar-refractivity contribution in [1.29, 1.82) is 0 Å². The van der Waals surface area contributed by atoms with Gasteiger partial charge in [-0.15, -0.1) is 11.3 Å². The van der Waals surface area contributed by atoms with Crippen molar-refractivity contribution in [3.63, 3.8) is 0 Å². The van der Waals surface area contributed by atoms with E-state index in [-0.39, 0.29) is 18.1 Å². The van der Waals surface area contributed by atoms with Crippen LogP contribution in [0.2, 0.25) is 0 Å². The van der Waals surface area contributed by atoms with Gasteiger partial charge in [0.15, 0.2) is 0 Å². The molecule has 0 saturated carbocycles. The molecule has 2 amide bonds. The van der Waals surface area contributed by atoms with Gasteiger partial charge < -0.3 is 20.3 Å². The second-order valence-electron chi connectivity index (χ2n) is 10.5. The molecule has 0 atom stereocenters. The molecule has 0 unspecified atom stereocenters. The number of aromatic nitrogens is 2. The minimum Gasteiger partial charge on any atom is -0.381 e. The van der Waals surface area contributed by atoms with E-state index in [9.17, 15) is 23.2 Å². The highest BCUT2D eigenvalue weighted by Gasteiger charge is 2.28. The maximum absolute atomic E-state index is 14.8. The molecular weight excluding hydrogens is 564 g/mol. The lowest BCUT2D eigenvalue weighted by molar-refractivity contribution is 0.0672. The summed E-state index contributed by atoms with van der Waals surface area (Å²) in [7, 11) is 3.77. The molecule has 0 spiro atoms. The van der Waals surface area contributed by atoms with E-state index in [1.165, 1.54) is 26.5 Å². The number of nitrogens with zero attached hydrogens (tertiary/aromatic N) is 3. The number of urea groups is 1. The molecule has 0 aliphatic carbocycles. The largest absolute Gasteiger partial charge is 0.381 e. The molecule has 4 aromatic rings. The van der Waals surface area contributed by atoms with Crippen LogP contribution in [0.4, 0.5) is 19.3 Å². The van der Waals surface area contributed by atoms with Crippen LogP contribution in [0.25, 0.3) is 20.7 Å². The first-order valence-corrected chi connectivity index (χ1v) is 14.6. The number of carbonyl (C=O) groups excluding carboxylic acids is 1. The van der Waals surface area contributed by atoms with E-state index in [2.05, 4.69) is 10.6 Å². The SMILES string of the molecule is CCNC(=O)Nc1ccc(-c2sc3c(c2CN(C)C)c(=O)n(C2CCOCC2)c(=O)n3Cc2c(F)cccc2F)cc1. The second-order valence-corrected chi connectivity index (χ2v) is 11.5. The molecule has 0 radical (unpaired) electrons. The fourth-order valence-corrected chi connectivity index (χ4v) is 6.58. The zero-order chi connectivity index (χ0) is 30.0. The number of carbonyl (C=O) groups is 1. The standard InChI is InChI=1S/C30H33F2N5O4S/c1-4-33-29(39)34-19-10-8-18(9-11-19)26-22(16-35(2)3)25-27(38)37(20-12-14-41-15-13-20)30(40)36(28(25)42-26)17-21-23(31)6-5-7-24(21)32/h5-11,20H,4,12-17H2,1-3H3,(H2,33,34,39). The van der Waals surface area contributed by atoms with E-state index in [0.29, 0.717) is 55.0 Å². The average Bonchev–Trinajstić information content (AvgIpc) is 3.32.